The number of halogens is 1. The number of nitrogens with one attached hydrogen (secondary N) is 1. The van der Waals surface area contributed by atoms with Crippen LogP contribution in [-0.4, -0.2) is 46.7 Å². The molecular weight excluding hydrogens is 355 g/mol. The molecule has 3 heterocycles. The standard InChI is InChI=1S/C18H21FN4O2S/c19-13-2-1-12-3-8-23(16(12)9-13)14-4-6-22(7-5-14)18(25)21-17-20-10-15(11-24)26-17/h1-2,9-10,14,24H,3-8,11H2,(H,20,21,25). The van der Waals surface area contributed by atoms with Crippen LogP contribution in [0.2, 0.25) is 0 Å². The van der Waals surface area contributed by atoms with Crippen LogP contribution in [0.1, 0.15) is 23.3 Å². The van der Waals surface area contributed by atoms with Crippen LogP contribution in [-0.2, 0) is 13.0 Å². The van der Waals surface area contributed by atoms with Gasteiger partial charge in [-0.05, 0) is 37.0 Å². The van der Waals surface area contributed by atoms with Gasteiger partial charge in [0.15, 0.2) is 5.13 Å². The summed E-state index contributed by atoms with van der Waals surface area (Å²) in [5.74, 6) is -0.196. The monoisotopic (exact) mass is 376 g/mol. The molecule has 0 bridgehead atoms. The first kappa shape index (κ1) is 17.2. The highest BCUT2D eigenvalue weighted by Gasteiger charge is 2.31. The van der Waals surface area contributed by atoms with Gasteiger partial charge in [-0.3, -0.25) is 5.32 Å². The minimum atomic E-state index is -0.196. The van der Waals surface area contributed by atoms with Crippen molar-refractivity contribution in [3.63, 3.8) is 0 Å². The molecule has 26 heavy (non-hydrogen) atoms. The van der Waals surface area contributed by atoms with E-state index in [4.69, 9.17) is 5.11 Å². The summed E-state index contributed by atoms with van der Waals surface area (Å²) in [5.41, 5.74) is 2.21. The number of hydrogen-bond acceptors (Lipinski definition) is 5. The highest BCUT2D eigenvalue weighted by molar-refractivity contribution is 7.15. The van der Waals surface area contributed by atoms with Crippen molar-refractivity contribution in [1.29, 1.82) is 0 Å². The van der Waals surface area contributed by atoms with Crippen molar-refractivity contribution >= 4 is 28.2 Å². The third-order valence-electron chi connectivity index (χ3n) is 5.09. The van der Waals surface area contributed by atoms with Gasteiger partial charge < -0.3 is 14.9 Å². The Morgan fingerprint density at radius 1 is 1.35 bits per heavy atom. The van der Waals surface area contributed by atoms with E-state index in [1.165, 1.54) is 23.0 Å². The second kappa shape index (κ2) is 7.20. The SMILES string of the molecule is O=C(Nc1ncc(CO)s1)N1CCC(N2CCc3ccc(F)cc32)CC1. The number of piperidine rings is 1. The van der Waals surface area contributed by atoms with Crippen LogP contribution in [0, 0.1) is 5.82 Å². The Bertz CT molecular complexity index is 804. The number of aliphatic hydroxyl groups excluding tert-OH is 1. The van der Waals surface area contributed by atoms with Gasteiger partial charge in [-0.15, -0.1) is 0 Å². The van der Waals surface area contributed by atoms with Gasteiger partial charge >= 0.3 is 6.03 Å². The smallest absolute Gasteiger partial charge is 0.323 e. The third kappa shape index (κ3) is 3.39. The molecule has 4 rings (SSSR count). The Labute approximate surface area is 155 Å². The number of likely N-dealkylation sites (tertiary alicyclic amines) is 1. The molecule has 1 aromatic carbocycles. The lowest BCUT2D eigenvalue weighted by atomic mass is 10.0. The molecule has 0 unspecified atom stereocenters. The number of amides is 2. The minimum Gasteiger partial charge on any atom is -0.391 e. The Hall–Kier alpha value is -2.19. The summed E-state index contributed by atoms with van der Waals surface area (Å²) in [5, 5.41) is 12.4. The van der Waals surface area contributed by atoms with E-state index in [-0.39, 0.29) is 18.5 Å². The van der Waals surface area contributed by atoms with Gasteiger partial charge in [0, 0.05) is 37.6 Å². The van der Waals surface area contributed by atoms with Gasteiger partial charge in [0.2, 0.25) is 0 Å². The van der Waals surface area contributed by atoms with Gasteiger partial charge in [-0.25, -0.2) is 14.2 Å². The van der Waals surface area contributed by atoms with E-state index >= 15 is 0 Å². The summed E-state index contributed by atoms with van der Waals surface area (Å²) < 4.78 is 13.6. The predicted octanol–water partition coefficient (Wildman–Crippen LogP) is 2.83. The first-order chi connectivity index (χ1) is 12.6. The average Bonchev–Trinajstić information content (AvgIpc) is 3.28. The molecule has 2 aromatic rings. The molecular formula is C18H21FN4O2S. The van der Waals surface area contributed by atoms with E-state index in [0.29, 0.717) is 24.3 Å². The quantitative estimate of drug-likeness (QED) is 0.864. The maximum atomic E-state index is 13.6. The molecule has 1 fully saturated rings. The number of urea groups is 1. The summed E-state index contributed by atoms with van der Waals surface area (Å²) in [6, 6.07) is 5.21. The second-order valence-corrected chi connectivity index (χ2v) is 7.77. The lowest BCUT2D eigenvalue weighted by molar-refractivity contribution is 0.193. The van der Waals surface area contributed by atoms with E-state index in [9.17, 15) is 9.18 Å². The number of carbonyl (C=O) groups is 1. The van der Waals surface area contributed by atoms with Crippen molar-refractivity contribution in [2.75, 3.05) is 29.9 Å². The Kier molecular flexibility index (Phi) is 4.78. The van der Waals surface area contributed by atoms with Crippen molar-refractivity contribution in [2.45, 2.75) is 31.9 Å². The molecule has 6 nitrogen and oxygen atoms in total. The molecule has 1 aromatic heterocycles. The molecule has 2 aliphatic heterocycles. The molecule has 8 heteroatoms. The topological polar surface area (TPSA) is 68.7 Å². The fourth-order valence-electron chi connectivity index (χ4n) is 3.75. The van der Waals surface area contributed by atoms with Crippen molar-refractivity contribution in [3.05, 3.63) is 40.7 Å². The number of aliphatic hydroxyl groups is 1. The number of anilines is 2. The fourth-order valence-corrected chi connectivity index (χ4v) is 4.41. The molecule has 0 atom stereocenters. The molecule has 2 amide bonds. The molecule has 0 spiro atoms. The minimum absolute atomic E-state index is 0.0726. The zero-order valence-electron chi connectivity index (χ0n) is 14.3. The van der Waals surface area contributed by atoms with Crippen molar-refractivity contribution < 1.29 is 14.3 Å². The van der Waals surface area contributed by atoms with Crippen LogP contribution in [0.15, 0.2) is 24.4 Å². The Balaban J connectivity index is 1.34. The number of nitrogens with zero attached hydrogens (tertiary/aromatic N) is 3. The highest BCUT2D eigenvalue weighted by Crippen LogP contribution is 2.33. The molecule has 0 aliphatic carbocycles. The van der Waals surface area contributed by atoms with E-state index in [1.807, 2.05) is 6.07 Å². The van der Waals surface area contributed by atoms with Gasteiger partial charge in [-0.2, -0.15) is 0 Å². The Morgan fingerprint density at radius 2 is 2.15 bits per heavy atom. The van der Waals surface area contributed by atoms with E-state index < -0.39 is 0 Å². The largest absolute Gasteiger partial charge is 0.391 e. The lowest BCUT2D eigenvalue weighted by Gasteiger charge is -2.37. The van der Waals surface area contributed by atoms with E-state index in [1.54, 1.807) is 17.2 Å². The maximum Gasteiger partial charge on any atom is 0.323 e. The number of rotatable bonds is 3. The number of fused-ring (bicyclic) bond motifs is 1. The maximum absolute atomic E-state index is 13.6. The van der Waals surface area contributed by atoms with Crippen LogP contribution >= 0.6 is 11.3 Å². The zero-order valence-corrected chi connectivity index (χ0v) is 15.1. The Morgan fingerprint density at radius 3 is 2.88 bits per heavy atom. The first-order valence-electron chi connectivity index (χ1n) is 8.80. The number of benzene rings is 1. The number of aromatic nitrogens is 1. The van der Waals surface area contributed by atoms with Gasteiger partial charge in [-0.1, -0.05) is 17.4 Å². The normalized spacial score (nSPS) is 17.5. The molecule has 0 radical (unpaired) electrons. The molecule has 2 aliphatic rings. The molecule has 138 valence electrons. The van der Waals surface area contributed by atoms with Gasteiger partial charge in [0.25, 0.3) is 0 Å². The summed E-state index contributed by atoms with van der Waals surface area (Å²) in [6.45, 7) is 2.17. The molecule has 0 saturated carbocycles. The number of hydrogen-bond donors (Lipinski definition) is 2. The van der Waals surface area contributed by atoms with Crippen LogP contribution in [0.4, 0.5) is 20.0 Å². The second-order valence-electron chi connectivity index (χ2n) is 6.65. The highest BCUT2D eigenvalue weighted by atomic mass is 32.1. The van der Waals surface area contributed by atoms with Crippen molar-refractivity contribution in [1.82, 2.24) is 9.88 Å². The summed E-state index contributed by atoms with van der Waals surface area (Å²) in [4.78, 5) is 21.3. The van der Waals surface area contributed by atoms with Crippen molar-refractivity contribution in [3.8, 4) is 0 Å². The lowest BCUT2D eigenvalue weighted by Crippen LogP contribution is -2.47. The molecule has 2 N–H and O–H groups in total. The average molecular weight is 376 g/mol. The summed E-state index contributed by atoms with van der Waals surface area (Å²) in [6.07, 6.45) is 4.25. The number of carbonyl (C=O) groups excluding carboxylic acids is 1. The molecule has 1 saturated heterocycles. The van der Waals surface area contributed by atoms with Crippen LogP contribution in [0.25, 0.3) is 0 Å². The van der Waals surface area contributed by atoms with Crippen LogP contribution < -0.4 is 10.2 Å². The van der Waals surface area contributed by atoms with Gasteiger partial charge in [0.05, 0.1) is 11.5 Å². The first-order valence-corrected chi connectivity index (χ1v) is 9.62. The van der Waals surface area contributed by atoms with E-state index in [0.717, 1.165) is 36.4 Å². The van der Waals surface area contributed by atoms with Crippen molar-refractivity contribution in [2.24, 2.45) is 0 Å². The fraction of sp³-hybridized carbons (Fsp3) is 0.444. The third-order valence-corrected chi connectivity index (χ3v) is 5.99. The van der Waals surface area contributed by atoms with Crippen LogP contribution in [0.5, 0.6) is 0 Å². The van der Waals surface area contributed by atoms with Gasteiger partial charge in [0.1, 0.15) is 5.82 Å². The van der Waals surface area contributed by atoms with E-state index in [2.05, 4.69) is 15.2 Å². The predicted molar refractivity (Wildman–Crippen MR) is 99.1 cm³/mol. The zero-order chi connectivity index (χ0) is 18.1. The summed E-state index contributed by atoms with van der Waals surface area (Å²) >= 11 is 1.28. The number of thiazole rings is 1. The summed E-state index contributed by atoms with van der Waals surface area (Å²) in [7, 11) is 0. The van der Waals surface area contributed by atoms with Crippen LogP contribution in [0.3, 0.4) is 0 Å².